The van der Waals surface area contributed by atoms with Gasteiger partial charge in [0.1, 0.15) is 5.75 Å². The van der Waals surface area contributed by atoms with E-state index in [1.807, 2.05) is 0 Å². The highest BCUT2D eigenvalue weighted by atomic mass is 16.5. The minimum atomic E-state index is 0.180. The molecule has 3 heteroatoms. The SMILES string of the molecule is CCCNC(c1cc(C)ccc1OC)C(CCC)OCC. The number of aryl methyl sites for hydroxylation is 1. The Balaban J connectivity index is 3.12. The van der Waals surface area contributed by atoms with Crippen LogP contribution in [0.15, 0.2) is 18.2 Å². The van der Waals surface area contributed by atoms with Crippen molar-refractivity contribution < 1.29 is 9.47 Å². The summed E-state index contributed by atoms with van der Waals surface area (Å²) < 4.78 is 11.6. The number of methoxy groups -OCH3 is 1. The summed E-state index contributed by atoms with van der Waals surface area (Å²) in [6.07, 6.45) is 3.45. The maximum absolute atomic E-state index is 6.02. The molecule has 1 aromatic carbocycles. The van der Waals surface area contributed by atoms with Gasteiger partial charge in [0.15, 0.2) is 0 Å². The number of benzene rings is 1. The summed E-state index contributed by atoms with van der Waals surface area (Å²) in [6.45, 7) is 10.3. The standard InChI is InChI=1S/C18H31NO2/c1-6-9-17(21-8-3)18(19-12-7-2)15-13-14(4)10-11-16(15)20-5/h10-11,13,17-19H,6-9,12H2,1-5H3. The highest BCUT2D eigenvalue weighted by Gasteiger charge is 2.25. The maximum atomic E-state index is 6.02. The monoisotopic (exact) mass is 293 g/mol. The number of hydrogen-bond donors (Lipinski definition) is 1. The zero-order valence-corrected chi connectivity index (χ0v) is 14.2. The van der Waals surface area contributed by atoms with E-state index >= 15 is 0 Å². The minimum absolute atomic E-state index is 0.180. The largest absolute Gasteiger partial charge is 0.496 e. The van der Waals surface area contributed by atoms with E-state index in [9.17, 15) is 0 Å². The molecule has 0 aliphatic rings. The molecular weight excluding hydrogens is 262 g/mol. The van der Waals surface area contributed by atoms with Gasteiger partial charge in [-0.15, -0.1) is 0 Å². The molecule has 0 saturated heterocycles. The van der Waals surface area contributed by atoms with Crippen LogP contribution in [0.5, 0.6) is 5.75 Å². The first-order valence-corrected chi connectivity index (χ1v) is 8.17. The Bertz CT molecular complexity index is 400. The smallest absolute Gasteiger partial charge is 0.123 e. The van der Waals surface area contributed by atoms with Gasteiger partial charge in [-0.3, -0.25) is 0 Å². The first-order valence-electron chi connectivity index (χ1n) is 8.17. The Morgan fingerprint density at radius 1 is 1.14 bits per heavy atom. The van der Waals surface area contributed by atoms with Gasteiger partial charge in [-0.05, 0) is 39.3 Å². The minimum Gasteiger partial charge on any atom is -0.496 e. The molecule has 0 fully saturated rings. The topological polar surface area (TPSA) is 30.5 Å². The average Bonchev–Trinajstić information content (AvgIpc) is 2.48. The van der Waals surface area contributed by atoms with Crippen LogP contribution < -0.4 is 10.1 Å². The third-order valence-corrected chi connectivity index (χ3v) is 3.66. The second kappa shape index (κ2) is 9.80. The summed E-state index contributed by atoms with van der Waals surface area (Å²) in [7, 11) is 1.74. The molecule has 0 saturated carbocycles. The van der Waals surface area contributed by atoms with Crippen LogP contribution in [0, 0.1) is 6.92 Å². The Morgan fingerprint density at radius 2 is 1.90 bits per heavy atom. The fourth-order valence-electron chi connectivity index (χ4n) is 2.68. The fourth-order valence-corrected chi connectivity index (χ4v) is 2.68. The summed E-state index contributed by atoms with van der Waals surface area (Å²) >= 11 is 0. The lowest BCUT2D eigenvalue weighted by Gasteiger charge is -2.29. The molecule has 2 unspecified atom stereocenters. The van der Waals surface area contributed by atoms with Crippen molar-refractivity contribution in [1.29, 1.82) is 0 Å². The summed E-state index contributed by atoms with van der Waals surface area (Å²) in [5.74, 6) is 0.940. The number of nitrogens with one attached hydrogen (secondary N) is 1. The second-order valence-corrected chi connectivity index (χ2v) is 5.46. The second-order valence-electron chi connectivity index (χ2n) is 5.46. The Kier molecular flexibility index (Phi) is 8.40. The molecule has 0 aliphatic heterocycles. The van der Waals surface area contributed by atoms with Crippen LogP contribution in [-0.2, 0) is 4.74 Å². The predicted octanol–water partition coefficient (Wildman–Crippen LogP) is 4.25. The lowest BCUT2D eigenvalue weighted by Crippen LogP contribution is -2.35. The third kappa shape index (κ3) is 5.33. The lowest BCUT2D eigenvalue weighted by atomic mass is 9.95. The molecule has 0 aliphatic carbocycles. The van der Waals surface area contributed by atoms with Crippen molar-refractivity contribution in [3.05, 3.63) is 29.3 Å². The van der Waals surface area contributed by atoms with E-state index in [0.29, 0.717) is 0 Å². The van der Waals surface area contributed by atoms with Crippen LogP contribution in [0.2, 0.25) is 0 Å². The van der Waals surface area contributed by atoms with Crippen LogP contribution in [0.1, 0.15) is 57.2 Å². The van der Waals surface area contributed by atoms with Gasteiger partial charge < -0.3 is 14.8 Å². The summed E-state index contributed by atoms with van der Waals surface area (Å²) in [5, 5.41) is 3.65. The van der Waals surface area contributed by atoms with Crippen molar-refractivity contribution in [2.45, 2.75) is 59.1 Å². The molecule has 3 nitrogen and oxygen atoms in total. The molecule has 21 heavy (non-hydrogen) atoms. The predicted molar refractivity (Wildman–Crippen MR) is 89.1 cm³/mol. The third-order valence-electron chi connectivity index (χ3n) is 3.66. The number of hydrogen-bond acceptors (Lipinski definition) is 3. The van der Waals surface area contributed by atoms with Crippen LogP contribution in [0.3, 0.4) is 0 Å². The Morgan fingerprint density at radius 3 is 2.48 bits per heavy atom. The van der Waals surface area contributed by atoms with Gasteiger partial charge in [0, 0.05) is 12.2 Å². The van der Waals surface area contributed by atoms with E-state index in [2.05, 4.69) is 51.2 Å². The highest BCUT2D eigenvalue weighted by molar-refractivity contribution is 5.39. The first kappa shape index (κ1) is 18.0. The van der Waals surface area contributed by atoms with Crippen molar-refractivity contribution in [2.24, 2.45) is 0 Å². The van der Waals surface area contributed by atoms with E-state index in [-0.39, 0.29) is 12.1 Å². The van der Waals surface area contributed by atoms with Crippen LogP contribution in [0.25, 0.3) is 0 Å². The van der Waals surface area contributed by atoms with E-state index in [1.165, 1.54) is 11.1 Å². The molecule has 0 bridgehead atoms. The average molecular weight is 293 g/mol. The fraction of sp³-hybridized carbons (Fsp3) is 0.667. The van der Waals surface area contributed by atoms with Crippen molar-refractivity contribution in [2.75, 3.05) is 20.3 Å². The molecule has 1 rings (SSSR count). The molecule has 1 N–H and O–H groups in total. The quantitative estimate of drug-likeness (QED) is 0.699. The molecule has 0 amide bonds. The van der Waals surface area contributed by atoms with Gasteiger partial charge >= 0.3 is 0 Å². The van der Waals surface area contributed by atoms with E-state index in [4.69, 9.17) is 9.47 Å². The van der Waals surface area contributed by atoms with Gasteiger partial charge in [0.2, 0.25) is 0 Å². The van der Waals surface area contributed by atoms with E-state index in [0.717, 1.165) is 38.2 Å². The van der Waals surface area contributed by atoms with Crippen molar-refractivity contribution in [3.8, 4) is 5.75 Å². The molecule has 0 aromatic heterocycles. The zero-order chi connectivity index (χ0) is 15.7. The van der Waals surface area contributed by atoms with E-state index in [1.54, 1.807) is 7.11 Å². The maximum Gasteiger partial charge on any atom is 0.123 e. The van der Waals surface area contributed by atoms with E-state index < -0.39 is 0 Å². The van der Waals surface area contributed by atoms with Crippen molar-refractivity contribution >= 4 is 0 Å². The van der Waals surface area contributed by atoms with Gasteiger partial charge in [-0.1, -0.05) is 38.0 Å². The van der Waals surface area contributed by atoms with Gasteiger partial charge in [-0.25, -0.2) is 0 Å². The summed E-state index contributed by atoms with van der Waals surface area (Å²) in [5.41, 5.74) is 2.46. The van der Waals surface area contributed by atoms with Crippen LogP contribution in [-0.4, -0.2) is 26.4 Å². The van der Waals surface area contributed by atoms with Crippen molar-refractivity contribution in [1.82, 2.24) is 5.32 Å². The number of ether oxygens (including phenoxy) is 2. The Hall–Kier alpha value is -1.06. The van der Waals surface area contributed by atoms with Crippen molar-refractivity contribution in [3.63, 3.8) is 0 Å². The number of rotatable bonds is 10. The van der Waals surface area contributed by atoms with Gasteiger partial charge in [0.05, 0.1) is 19.3 Å². The zero-order valence-electron chi connectivity index (χ0n) is 14.2. The normalized spacial score (nSPS) is 14.0. The highest BCUT2D eigenvalue weighted by Crippen LogP contribution is 2.31. The summed E-state index contributed by atoms with van der Waals surface area (Å²) in [4.78, 5) is 0. The molecule has 0 heterocycles. The molecule has 0 radical (unpaired) electrons. The van der Waals surface area contributed by atoms with Gasteiger partial charge in [-0.2, -0.15) is 0 Å². The van der Waals surface area contributed by atoms with Gasteiger partial charge in [0.25, 0.3) is 0 Å². The molecular formula is C18H31NO2. The summed E-state index contributed by atoms with van der Waals surface area (Å²) in [6, 6.07) is 6.54. The molecule has 120 valence electrons. The molecule has 2 atom stereocenters. The van der Waals surface area contributed by atoms with Crippen LogP contribution >= 0.6 is 0 Å². The lowest BCUT2D eigenvalue weighted by molar-refractivity contribution is 0.0270. The Labute approximate surface area is 130 Å². The first-order chi connectivity index (χ1) is 10.2. The molecule has 1 aromatic rings. The molecule has 0 spiro atoms. The van der Waals surface area contributed by atoms with Crippen LogP contribution in [0.4, 0.5) is 0 Å².